The average molecular weight is 460 g/mol. The molecule has 1 amide bonds. The van der Waals surface area contributed by atoms with E-state index in [9.17, 15) is 9.18 Å². The summed E-state index contributed by atoms with van der Waals surface area (Å²) in [6.07, 6.45) is 0. The molecule has 1 heterocycles. The molecule has 0 aromatic heterocycles. The van der Waals surface area contributed by atoms with E-state index in [2.05, 4.69) is 15.1 Å². The van der Waals surface area contributed by atoms with Crippen molar-refractivity contribution in [1.82, 2.24) is 10.2 Å². The summed E-state index contributed by atoms with van der Waals surface area (Å²) in [6.45, 7) is 11.9. The highest BCUT2D eigenvalue weighted by Gasteiger charge is 2.20. The zero-order valence-electron chi connectivity index (χ0n) is 19.7. The topological polar surface area (TPSA) is 63.3 Å². The van der Waals surface area contributed by atoms with Crippen molar-refractivity contribution in [1.29, 1.82) is 0 Å². The predicted octanol–water partition coefficient (Wildman–Crippen LogP) is 3.57. The molecule has 0 radical (unpaired) electrons. The summed E-state index contributed by atoms with van der Waals surface area (Å²) >= 11 is 0. The first-order chi connectivity index (χ1) is 16.0. The van der Waals surface area contributed by atoms with Crippen LogP contribution in [-0.2, 0) is 0 Å². The molecule has 8 heteroatoms. The van der Waals surface area contributed by atoms with Gasteiger partial charge in [-0.25, -0.2) is 4.39 Å². The maximum atomic E-state index is 13.1. The molecule has 0 unspecified atom stereocenters. The van der Waals surface area contributed by atoms with Crippen LogP contribution in [0.25, 0.3) is 0 Å². The van der Waals surface area contributed by atoms with Crippen molar-refractivity contribution in [3.8, 4) is 17.2 Å². The van der Waals surface area contributed by atoms with E-state index < -0.39 is 0 Å². The van der Waals surface area contributed by atoms with Gasteiger partial charge < -0.3 is 24.4 Å². The van der Waals surface area contributed by atoms with Gasteiger partial charge in [0.25, 0.3) is 5.91 Å². The van der Waals surface area contributed by atoms with E-state index in [1.54, 1.807) is 12.1 Å². The van der Waals surface area contributed by atoms with Crippen molar-refractivity contribution in [2.75, 3.05) is 64.0 Å². The molecule has 0 spiro atoms. The quantitative estimate of drug-likeness (QED) is 0.554. The fraction of sp³-hybridized carbons (Fsp3) is 0.480. The molecule has 2 aromatic carbocycles. The van der Waals surface area contributed by atoms with Gasteiger partial charge in [0.15, 0.2) is 11.5 Å². The number of carbonyl (C=O) groups excluding carboxylic acids is 1. The number of rotatable bonds is 11. The van der Waals surface area contributed by atoms with Gasteiger partial charge in [0.05, 0.1) is 19.8 Å². The fourth-order valence-electron chi connectivity index (χ4n) is 3.83. The Kier molecular flexibility index (Phi) is 9.18. The summed E-state index contributed by atoms with van der Waals surface area (Å²) in [6, 6.07) is 10.0. The van der Waals surface area contributed by atoms with E-state index in [4.69, 9.17) is 14.2 Å². The second kappa shape index (κ2) is 12.3. The largest absolute Gasteiger partial charge is 0.490 e. The third kappa shape index (κ3) is 6.74. The van der Waals surface area contributed by atoms with Crippen LogP contribution in [0.2, 0.25) is 0 Å². The summed E-state index contributed by atoms with van der Waals surface area (Å²) in [7, 11) is 0. The van der Waals surface area contributed by atoms with Gasteiger partial charge in [-0.05, 0) is 57.2 Å². The second-order valence-corrected chi connectivity index (χ2v) is 7.66. The van der Waals surface area contributed by atoms with Crippen LogP contribution in [0.4, 0.5) is 10.1 Å². The molecule has 1 N–H and O–H groups in total. The average Bonchev–Trinajstić information content (AvgIpc) is 2.82. The lowest BCUT2D eigenvalue weighted by Gasteiger charge is -2.36. The lowest BCUT2D eigenvalue weighted by molar-refractivity contribution is 0.0946. The number of nitrogens with zero attached hydrogens (tertiary/aromatic N) is 2. The van der Waals surface area contributed by atoms with E-state index in [-0.39, 0.29) is 11.7 Å². The first-order valence-corrected chi connectivity index (χ1v) is 11.6. The zero-order valence-corrected chi connectivity index (χ0v) is 19.7. The van der Waals surface area contributed by atoms with E-state index in [0.29, 0.717) is 49.2 Å². The number of ether oxygens (including phenoxy) is 3. The number of hydrogen-bond donors (Lipinski definition) is 1. The van der Waals surface area contributed by atoms with E-state index in [0.717, 1.165) is 38.4 Å². The number of piperazine rings is 1. The van der Waals surface area contributed by atoms with Gasteiger partial charge in [0.2, 0.25) is 5.75 Å². The highest BCUT2D eigenvalue weighted by molar-refractivity contribution is 5.95. The van der Waals surface area contributed by atoms with Crippen LogP contribution in [0.15, 0.2) is 36.4 Å². The smallest absolute Gasteiger partial charge is 0.251 e. The maximum absolute atomic E-state index is 13.1. The Morgan fingerprint density at radius 3 is 2.03 bits per heavy atom. The number of benzene rings is 2. The van der Waals surface area contributed by atoms with Crippen molar-refractivity contribution >= 4 is 11.6 Å². The summed E-state index contributed by atoms with van der Waals surface area (Å²) < 4.78 is 30.2. The third-order valence-electron chi connectivity index (χ3n) is 5.45. The lowest BCUT2D eigenvalue weighted by Crippen LogP contribution is -2.48. The Hall–Kier alpha value is -3.00. The first kappa shape index (κ1) is 24.6. The monoisotopic (exact) mass is 459 g/mol. The first-order valence-electron chi connectivity index (χ1n) is 11.6. The predicted molar refractivity (Wildman–Crippen MR) is 127 cm³/mol. The van der Waals surface area contributed by atoms with Crippen molar-refractivity contribution < 1.29 is 23.4 Å². The normalized spacial score (nSPS) is 14.1. The minimum absolute atomic E-state index is 0.176. The van der Waals surface area contributed by atoms with Crippen LogP contribution in [0.3, 0.4) is 0 Å². The molecular weight excluding hydrogens is 425 g/mol. The van der Waals surface area contributed by atoms with Crippen LogP contribution in [0.5, 0.6) is 17.2 Å². The van der Waals surface area contributed by atoms with Gasteiger partial charge in [-0.15, -0.1) is 0 Å². The lowest BCUT2D eigenvalue weighted by atomic mass is 10.1. The number of nitrogens with one attached hydrogen (secondary N) is 1. The van der Waals surface area contributed by atoms with Crippen molar-refractivity contribution in [2.24, 2.45) is 0 Å². The number of amides is 1. The third-order valence-corrected chi connectivity index (χ3v) is 5.45. The number of hydrogen-bond acceptors (Lipinski definition) is 6. The Bertz CT molecular complexity index is 872. The molecule has 180 valence electrons. The molecule has 7 nitrogen and oxygen atoms in total. The highest BCUT2D eigenvalue weighted by atomic mass is 19.1. The van der Waals surface area contributed by atoms with E-state index >= 15 is 0 Å². The standard InChI is InChI=1S/C25H34FN3O4/c1-4-31-22-17-19(18-23(32-5-2)24(22)33-6-3)25(30)27-11-12-28-13-15-29(16-14-28)21-9-7-20(26)8-10-21/h7-10,17-18H,4-6,11-16H2,1-3H3,(H,27,30). The van der Waals surface area contributed by atoms with Crippen LogP contribution < -0.4 is 24.4 Å². The molecule has 1 aliphatic heterocycles. The highest BCUT2D eigenvalue weighted by Crippen LogP contribution is 2.39. The number of carbonyl (C=O) groups is 1. The minimum atomic E-state index is -0.220. The van der Waals surface area contributed by atoms with E-state index in [1.165, 1.54) is 12.1 Å². The second-order valence-electron chi connectivity index (χ2n) is 7.66. The summed E-state index contributed by atoms with van der Waals surface area (Å²) in [5.74, 6) is 1.14. The molecule has 0 atom stereocenters. The van der Waals surface area contributed by atoms with Crippen molar-refractivity contribution in [3.05, 3.63) is 47.8 Å². The molecule has 1 fully saturated rings. The minimum Gasteiger partial charge on any atom is -0.490 e. The van der Waals surface area contributed by atoms with Gasteiger partial charge in [0, 0.05) is 50.5 Å². The summed E-state index contributed by atoms with van der Waals surface area (Å²) in [4.78, 5) is 17.4. The van der Waals surface area contributed by atoms with Gasteiger partial charge in [-0.1, -0.05) is 0 Å². The molecule has 33 heavy (non-hydrogen) atoms. The molecule has 3 rings (SSSR count). The molecule has 0 saturated carbocycles. The van der Waals surface area contributed by atoms with Gasteiger partial charge >= 0.3 is 0 Å². The van der Waals surface area contributed by atoms with Gasteiger partial charge in [0.1, 0.15) is 5.82 Å². The molecule has 1 saturated heterocycles. The Balaban J connectivity index is 1.53. The molecule has 0 bridgehead atoms. The van der Waals surface area contributed by atoms with E-state index in [1.807, 2.05) is 32.9 Å². The Labute approximate surface area is 195 Å². The van der Waals surface area contributed by atoms with Crippen LogP contribution in [-0.4, -0.2) is 69.9 Å². The molecular formula is C25H34FN3O4. The zero-order chi connectivity index (χ0) is 23.6. The van der Waals surface area contributed by atoms with Gasteiger partial charge in [-0.2, -0.15) is 0 Å². The Morgan fingerprint density at radius 2 is 1.48 bits per heavy atom. The SMILES string of the molecule is CCOc1cc(C(=O)NCCN2CCN(c3ccc(F)cc3)CC2)cc(OCC)c1OCC. The Morgan fingerprint density at radius 1 is 0.909 bits per heavy atom. The molecule has 2 aromatic rings. The maximum Gasteiger partial charge on any atom is 0.251 e. The van der Waals surface area contributed by atoms with Crippen LogP contribution >= 0.6 is 0 Å². The summed E-state index contributed by atoms with van der Waals surface area (Å²) in [5.41, 5.74) is 1.52. The fourth-order valence-corrected chi connectivity index (χ4v) is 3.83. The van der Waals surface area contributed by atoms with Crippen molar-refractivity contribution in [2.45, 2.75) is 20.8 Å². The summed E-state index contributed by atoms with van der Waals surface area (Å²) in [5, 5.41) is 3.00. The molecule has 0 aliphatic carbocycles. The van der Waals surface area contributed by atoms with Gasteiger partial charge in [-0.3, -0.25) is 9.69 Å². The van der Waals surface area contributed by atoms with Crippen molar-refractivity contribution in [3.63, 3.8) is 0 Å². The van der Waals surface area contributed by atoms with Crippen LogP contribution in [0.1, 0.15) is 31.1 Å². The van der Waals surface area contributed by atoms with Crippen LogP contribution in [0, 0.1) is 5.82 Å². The number of halogens is 1. The number of anilines is 1. The molecule has 1 aliphatic rings.